The molecule has 0 radical (unpaired) electrons. The zero-order chi connectivity index (χ0) is 16.1. The van der Waals surface area contributed by atoms with Gasteiger partial charge in [0.05, 0.1) is 0 Å². The summed E-state index contributed by atoms with van der Waals surface area (Å²) in [7, 11) is 0. The van der Waals surface area contributed by atoms with Gasteiger partial charge in [-0.2, -0.15) is 0 Å². The van der Waals surface area contributed by atoms with Crippen LogP contribution in [0.15, 0.2) is 18.2 Å². The van der Waals surface area contributed by atoms with Crippen LogP contribution in [-0.4, -0.2) is 17.9 Å². The van der Waals surface area contributed by atoms with Gasteiger partial charge < -0.3 is 10.6 Å². The van der Waals surface area contributed by atoms with Gasteiger partial charge in [-0.05, 0) is 62.6 Å². The van der Waals surface area contributed by atoms with Gasteiger partial charge in [-0.15, -0.1) is 0 Å². The number of benzene rings is 1. The van der Waals surface area contributed by atoms with E-state index in [0.717, 1.165) is 42.7 Å². The van der Waals surface area contributed by atoms with Crippen LogP contribution in [0.4, 0.5) is 5.69 Å². The quantitative estimate of drug-likeness (QED) is 0.841. The molecule has 0 atom stereocenters. The number of hydrogen-bond acceptors (Lipinski definition) is 2. The molecular formula is C18H26N2O2. The highest BCUT2D eigenvalue weighted by Crippen LogP contribution is 2.26. The molecule has 1 aromatic rings. The summed E-state index contributed by atoms with van der Waals surface area (Å²) in [5.41, 5.74) is 2.79. The van der Waals surface area contributed by atoms with Crippen molar-refractivity contribution in [2.75, 3.05) is 5.32 Å². The van der Waals surface area contributed by atoms with E-state index in [0.29, 0.717) is 5.69 Å². The molecule has 0 heterocycles. The second-order valence-electron chi connectivity index (χ2n) is 6.30. The molecule has 0 spiro atoms. The van der Waals surface area contributed by atoms with E-state index >= 15 is 0 Å². The number of aryl methyl sites for hydroxylation is 1. The molecule has 120 valence electrons. The van der Waals surface area contributed by atoms with E-state index in [9.17, 15) is 9.59 Å². The fourth-order valence-electron chi connectivity index (χ4n) is 3.03. The summed E-state index contributed by atoms with van der Waals surface area (Å²) in [6.07, 6.45) is 5.43. The standard InChI is InChI=1S/C18H26N2O2/c1-4-14-8-10-15(11-9-14)19-17(21)18(22)20-16-7-5-6-12(2)13(16)3/h5-7,14-15H,4,8-11H2,1-3H3,(H,19,21)(H,20,22). The molecule has 0 saturated heterocycles. The maximum atomic E-state index is 12.0. The van der Waals surface area contributed by atoms with E-state index in [1.165, 1.54) is 6.42 Å². The van der Waals surface area contributed by atoms with Crippen molar-refractivity contribution in [3.05, 3.63) is 29.3 Å². The van der Waals surface area contributed by atoms with Crippen molar-refractivity contribution in [2.45, 2.75) is 58.9 Å². The zero-order valence-corrected chi connectivity index (χ0v) is 13.7. The predicted octanol–water partition coefficient (Wildman–Crippen LogP) is 3.33. The Morgan fingerprint density at radius 2 is 1.77 bits per heavy atom. The Balaban J connectivity index is 1.87. The molecule has 2 rings (SSSR count). The van der Waals surface area contributed by atoms with Crippen molar-refractivity contribution in [3.63, 3.8) is 0 Å². The molecule has 1 aliphatic carbocycles. The van der Waals surface area contributed by atoms with Crippen LogP contribution in [-0.2, 0) is 9.59 Å². The van der Waals surface area contributed by atoms with Crippen LogP contribution in [0.2, 0.25) is 0 Å². The molecule has 4 nitrogen and oxygen atoms in total. The second kappa shape index (κ2) is 7.43. The number of nitrogens with one attached hydrogen (secondary N) is 2. The van der Waals surface area contributed by atoms with Crippen LogP contribution in [0.3, 0.4) is 0 Å². The van der Waals surface area contributed by atoms with Gasteiger partial charge in [-0.1, -0.05) is 25.5 Å². The van der Waals surface area contributed by atoms with Crippen LogP contribution in [0.1, 0.15) is 50.2 Å². The first-order valence-electron chi connectivity index (χ1n) is 8.19. The maximum absolute atomic E-state index is 12.0. The Kier molecular flexibility index (Phi) is 5.58. The lowest BCUT2D eigenvalue weighted by atomic mass is 9.84. The molecule has 1 fully saturated rings. The van der Waals surface area contributed by atoms with Crippen molar-refractivity contribution in [1.82, 2.24) is 5.32 Å². The Bertz CT molecular complexity index is 546. The minimum atomic E-state index is -0.577. The van der Waals surface area contributed by atoms with Crippen LogP contribution >= 0.6 is 0 Å². The van der Waals surface area contributed by atoms with Gasteiger partial charge in [0.15, 0.2) is 0 Å². The first kappa shape index (κ1) is 16.5. The summed E-state index contributed by atoms with van der Waals surface area (Å²) in [5, 5.41) is 5.58. The SMILES string of the molecule is CCC1CCC(NC(=O)C(=O)Nc2cccc(C)c2C)CC1. The van der Waals surface area contributed by atoms with Crippen LogP contribution in [0.5, 0.6) is 0 Å². The Labute approximate surface area is 132 Å². The molecule has 1 saturated carbocycles. The summed E-state index contributed by atoms with van der Waals surface area (Å²) < 4.78 is 0. The van der Waals surface area contributed by atoms with Gasteiger partial charge in [0, 0.05) is 11.7 Å². The lowest BCUT2D eigenvalue weighted by Gasteiger charge is -2.28. The number of rotatable bonds is 3. The molecule has 0 aliphatic heterocycles. The molecule has 2 N–H and O–H groups in total. The van der Waals surface area contributed by atoms with E-state index in [2.05, 4.69) is 17.6 Å². The summed E-state index contributed by atoms with van der Waals surface area (Å²) >= 11 is 0. The largest absolute Gasteiger partial charge is 0.345 e. The molecule has 22 heavy (non-hydrogen) atoms. The van der Waals surface area contributed by atoms with Crippen LogP contribution < -0.4 is 10.6 Å². The summed E-state index contributed by atoms with van der Waals surface area (Å²) in [4.78, 5) is 24.1. The molecule has 0 aromatic heterocycles. The molecule has 1 aromatic carbocycles. The molecule has 0 bridgehead atoms. The second-order valence-corrected chi connectivity index (χ2v) is 6.30. The number of anilines is 1. The summed E-state index contributed by atoms with van der Waals surface area (Å²) in [6, 6.07) is 5.82. The van der Waals surface area contributed by atoms with Gasteiger partial charge in [0.25, 0.3) is 0 Å². The van der Waals surface area contributed by atoms with Gasteiger partial charge in [-0.3, -0.25) is 9.59 Å². The average Bonchev–Trinajstić information content (AvgIpc) is 2.52. The summed E-state index contributed by atoms with van der Waals surface area (Å²) in [6.45, 7) is 6.13. The zero-order valence-electron chi connectivity index (χ0n) is 13.7. The Morgan fingerprint density at radius 1 is 1.09 bits per heavy atom. The number of carbonyl (C=O) groups is 2. The Morgan fingerprint density at radius 3 is 2.41 bits per heavy atom. The topological polar surface area (TPSA) is 58.2 Å². The number of hydrogen-bond donors (Lipinski definition) is 2. The van der Waals surface area contributed by atoms with Crippen molar-refractivity contribution >= 4 is 17.5 Å². The van der Waals surface area contributed by atoms with Crippen molar-refractivity contribution in [3.8, 4) is 0 Å². The molecular weight excluding hydrogens is 276 g/mol. The third-order valence-electron chi connectivity index (χ3n) is 4.82. The first-order valence-corrected chi connectivity index (χ1v) is 8.19. The molecule has 1 aliphatic rings. The van der Waals surface area contributed by atoms with E-state index in [1.807, 2.05) is 32.0 Å². The van der Waals surface area contributed by atoms with Crippen LogP contribution in [0.25, 0.3) is 0 Å². The van der Waals surface area contributed by atoms with E-state index < -0.39 is 11.8 Å². The minimum absolute atomic E-state index is 0.139. The smallest absolute Gasteiger partial charge is 0.313 e. The molecule has 4 heteroatoms. The van der Waals surface area contributed by atoms with Crippen LogP contribution in [0, 0.1) is 19.8 Å². The Hall–Kier alpha value is -1.84. The lowest BCUT2D eigenvalue weighted by Crippen LogP contribution is -2.43. The van der Waals surface area contributed by atoms with Gasteiger partial charge >= 0.3 is 11.8 Å². The van der Waals surface area contributed by atoms with Gasteiger partial charge in [0.2, 0.25) is 0 Å². The van der Waals surface area contributed by atoms with E-state index in [1.54, 1.807) is 0 Å². The maximum Gasteiger partial charge on any atom is 0.313 e. The van der Waals surface area contributed by atoms with Crippen molar-refractivity contribution in [1.29, 1.82) is 0 Å². The fourth-order valence-corrected chi connectivity index (χ4v) is 3.03. The third kappa shape index (κ3) is 4.09. The van der Waals surface area contributed by atoms with Crippen molar-refractivity contribution in [2.24, 2.45) is 5.92 Å². The first-order chi connectivity index (χ1) is 10.5. The summed E-state index contributed by atoms with van der Waals surface area (Å²) in [5.74, 6) is -0.330. The predicted molar refractivity (Wildman–Crippen MR) is 88.7 cm³/mol. The van der Waals surface area contributed by atoms with Gasteiger partial charge in [-0.25, -0.2) is 0 Å². The highest BCUT2D eigenvalue weighted by atomic mass is 16.2. The van der Waals surface area contributed by atoms with E-state index in [-0.39, 0.29) is 6.04 Å². The minimum Gasteiger partial charge on any atom is -0.345 e. The van der Waals surface area contributed by atoms with Gasteiger partial charge in [0.1, 0.15) is 0 Å². The highest BCUT2D eigenvalue weighted by Gasteiger charge is 2.24. The highest BCUT2D eigenvalue weighted by molar-refractivity contribution is 6.39. The number of amides is 2. The molecule has 0 unspecified atom stereocenters. The molecule has 2 amide bonds. The fraction of sp³-hybridized carbons (Fsp3) is 0.556. The van der Waals surface area contributed by atoms with E-state index in [4.69, 9.17) is 0 Å². The normalized spacial score (nSPS) is 21.2. The average molecular weight is 302 g/mol. The van der Waals surface area contributed by atoms with Crippen molar-refractivity contribution < 1.29 is 9.59 Å². The third-order valence-corrected chi connectivity index (χ3v) is 4.82. The monoisotopic (exact) mass is 302 g/mol. The lowest BCUT2D eigenvalue weighted by molar-refractivity contribution is -0.136. The number of carbonyl (C=O) groups excluding carboxylic acids is 2.